The zero-order valence-electron chi connectivity index (χ0n) is 11.9. The van der Waals surface area contributed by atoms with Crippen LogP contribution in [0.2, 0.25) is 0 Å². The van der Waals surface area contributed by atoms with Crippen LogP contribution in [0.4, 0.5) is 0 Å². The van der Waals surface area contributed by atoms with E-state index in [1.165, 1.54) is 0 Å². The predicted molar refractivity (Wildman–Crippen MR) is 82.8 cm³/mol. The highest BCUT2D eigenvalue weighted by Crippen LogP contribution is 2.10. The van der Waals surface area contributed by atoms with Crippen molar-refractivity contribution in [3.8, 4) is 0 Å². The summed E-state index contributed by atoms with van der Waals surface area (Å²) in [5.74, 6) is -0.0506. The van der Waals surface area contributed by atoms with Crippen molar-refractivity contribution in [1.29, 1.82) is 0 Å². The van der Waals surface area contributed by atoms with E-state index in [1.807, 2.05) is 31.2 Å². The van der Waals surface area contributed by atoms with Crippen molar-refractivity contribution < 1.29 is 8.42 Å². The van der Waals surface area contributed by atoms with Crippen LogP contribution in [-0.4, -0.2) is 13.4 Å². The largest absolute Gasteiger partial charge is 0.326 e. The minimum absolute atomic E-state index is 0.0506. The molecule has 0 aliphatic heterocycles. The average Bonchev–Trinajstić information content (AvgIpc) is 2.46. The molecule has 6 heteroatoms. The van der Waals surface area contributed by atoms with Crippen LogP contribution in [0.1, 0.15) is 22.3 Å². The molecule has 0 spiro atoms. The summed E-state index contributed by atoms with van der Waals surface area (Å²) in [5.41, 5.74) is 9.10. The molecule has 112 valence electrons. The molecule has 2 rings (SSSR count). The highest BCUT2D eigenvalue weighted by Gasteiger charge is 2.12. The molecule has 0 radical (unpaired) electrons. The van der Waals surface area contributed by atoms with E-state index in [4.69, 9.17) is 5.73 Å². The summed E-state index contributed by atoms with van der Waals surface area (Å²) in [5, 5.41) is 0. The average molecular weight is 305 g/mol. The number of rotatable bonds is 6. The maximum absolute atomic E-state index is 12.1. The Balaban J connectivity index is 2.03. The van der Waals surface area contributed by atoms with Crippen molar-refractivity contribution >= 4 is 10.0 Å². The fourth-order valence-corrected chi connectivity index (χ4v) is 3.10. The minimum atomic E-state index is -3.39. The molecule has 0 aliphatic carbocycles. The van der Waals surface area contributed by atoms with Gasteiger partial charge in [0.25, 0.3) is 0 Å². The lowest BCUT2D eigenvalue weighted by Crippen LogP contribution is -2.25. The highest BCUT2D eigenvalue weighted by molar-refractivity contribution is 7.88. The lowest BCUT2D eigenvalue weighted by Gasteiger charge is -2.09. The number of pyridine rings is 1. The second-order valence-corrected chi connectivity index (χ2v) is 6.71. The van der Waals surface area contributed by atoms with Crippen LogP contribution in [-0.2, 0) is 28.9 Å². The molecule has 0 fully saturated rings. The normalized spacial score (nSPS) is 11.5. The number of hydrogen-bond acceptors (Lipinski definition) is 4. The third-order valence-electron chi connectivity index (χ3n) is 3.20. The first-order valence-corrected chi connectivity index (χ1v) is 8.30. The quantitative estimate of drug-likeness (QED) is 0.846. The molecule has 0 saturated carbocycles. The van der Waals surface area contributed by atoms with Crippen LogP contribution in [0.25, 0.3) is 0 Å². The topological polar surface area (TPSA) is 85.1 Å². The van der Waals surface area contributed by atoms with Crippen LogP contribution in [0.5, 0.6) is 0 Å². The second-order valence-electron chi connectivity index (χ2n) is 4.91. The molecule has 0 saturated heterocycles. The second kappa shape index (κ2) is 6.80. The number of nitrogens with two attached hydrogens (primary N) is 1. The van der Waals surface area contributed by atoms with E-state index in [0.717, 1.165) is 22.3 Å². The molecule has 1 aromatic heterocycles. The van der Waals surface area contributed by atoms with Crippen LogP contribution in [0, 0.1) is 6.92 Å². The van der Waals surface area contributed by atoms with E-state index >= 15 is 0 Å². The van der Waals surface area contributed by atoms with Gasteiger partial charge in [-0.25, -0.2) is 13.1 Å². The summed E-state index contributed by atoms with van der Waals surface area (Å²) in [7, 11) is -3.39. The zero-order valence-corrected chi connectivity index (χ0v) is 12.7. The third kappa shape index (κ3) is 4.63. The van der Waals surface area contributed by atoms with E-state index in [0.29, 0.717) is 6.54 Å². The molecule has 0 atom stereocenters. The first-order chi connectivity index (χ1) is 10.00. The first-order valence-electron chi connectivity index (χ1n) is 6.65. The van der Waals surface area contributed by atoms with Crippen molar-refractivity contribution in [3.05, 3.63) is 65.0 Å². The number of aryl methyl sites for hydroxylation is 1. The van der Waals surface area contributed by atoms with Gasteiger partial charge in [-0.2, -0.15) is 0 Å². The number of nitrogens with zero attached hydrogens (tertiary/aromatic N) is 1. The van der Waals surface area contributed by atoms with Gasteiger partial charge >= 0.3 is 0 Å². The summed E-state index contributed by atoms with van der Waals surface area (Å²) in [6, 6.07) is 9.11. The summed E-state index contributed by atoms with van der Waals surface area (Å²) in [6.07, 6.45) is 3.37. The van der Waals surface area contributed by atoms with Gasteiger partial charge in [0.2, 0.25) is 10.0 Å². The molecule has 0 aliphatic rings. The van der Waals surface area contributed by atoms with Crippen molar-refractivity contribution in [1.82, 2.24) is 9.71 Å². The van der Waals surface area contributed by atoms with Gasteiger partial charge in [0.15, 0.2) is 0 Å². The smallest absolute Gasteiger partial charge is 0.216 e. The molecule has 2 aromatic rings. The minimum Gasteiger partial charge on any atom is -0.326 e. The lowest BCUT2D eigenvalue weighted by molar-refractivity contribution is 0.580. The molecule has 1 heterocycles. The summed E-state index contributed by atoms with van der Waals surface area (Å²) >= 11 is 0. The molecule has 21 heavy (non-hydrogen) atoms. The van der Waals surface area contributed by atoms with Crippen molar-refractivity contribution in [3.63, 3.8) is 0 Å². The highest BCUT2D eigenvalue weighted by atomic mass is 32.2. The van der Waals surface area contributed by atoms with Crippen LogP contribution in [0.15, 0.2) is 42.7 Å². The van der Waals surface area contributed by atoms with Crippen LogP contribution >= 0.6 is 0 Å². The Morgan fingerprint density at radius 3 is 2.71 bits per heavy atom. The monoisotopic (exact) mass is 305 g/mol. The zero-order chi connectivity index (χ0) is 15.3. The number of sulfonamides is 1. The van der Waals surface area contributed by atoms with Crippen molar-refractivity contribution in [2.24, 2.45) is 5.73 Å². The van der Waals surface area contributed by atoms with Gasteiger partial charge in [0.05, 0.1) is 5.75 Å². The third-order valence-corrected chi connectivity index (χ3v) is 4.50. The Bertz CT molecular complexity index is 714. The molecule has 0 unspecified atom stereocenters. The lowest BCUT2D eigenvalue weighted by atomic mass is 10.1. The van der Waals surface area contributed by atoms with Gasteiger partial charge in [-0.1, -0.05) is 24.3 Å². The summed E-state index contributed by atoms with van der Waals surface area (Å²) in [4.78, 5) is 3.99. The SMILES string of the molecule is Cc1cnccc1CNS(=O)(=O)Cc1cccc(CN)c1. The summed E-state index contributed by atoms with van der Waals surface area (Å²) in [6.45, 7) is 2.58. The van der Waals surface area contributed by atoms with E-state index < -0.39 is 10.0 Å². The molecule has 0 bridgehead atoms. The number of nitrogens with one attached hydrogen (secondary N) is 1. The van der Waals surface area contributed by atoms with Crippen molar-refractivity contribution in [2.75, 3.05) is 0 Å². The first kappa shape index (κ1) is 15.6. The molecule has 3 N–H and O–H groups in total. The van der Waals surface area contributed by atoms with E-state index in [9.17, 15) is 8.42 Å². The Hall–Kier alpha value is -1.76. The van der Waals surface area contributed by atoms with E-state index in [-0.39, 0.29) is 12.3 Å². The Morgan fingerprint density at radius 2 is 2.00 bits per heavy atom. The number of hydrogen-bond donors (Lipinski definition) is 2. The Labute approximate surface area is 125 Å². The molecule has 1 aromatic carbocycles. The standard InChI is InChI=1S/C15H19N3O2S/c1-12-9-17-6-5-15(12)10-18-21(19,20)11-14-4-2-3-13(7-14)8-16/h2-7,9,18H,8,10-11,16H2,1H3. The van der Waals surface area contributed by atoms with Gasteiger partial charge in [-0.05, 0) is 35.2 Å². The molecule has 5 nitrogen and oxygen atoms in total. The Morgan fingerprint density at radius 1 is 1.24 bits per heavy atom. The fourth-order valence-electron chi connectivity index (χ4n) is 2.01. The molecular formula is C15H19N3O2S. The van der Waals surface area contributed by atoms with E-state index in [1.54, 1.807) is 18.5 Å². The van der Waals surface area contributed by atoms with E-state index in [2.05, 4.69) is 9.71 Å². The van der Waals surface area contributed by atoms with Gasteiger partial charge in [0.1, 0.15) is 0 Å². The predicted octanol–water partition coefficient (Wildman–Crippen LogP) is 1.47. The Kier molecular flexibility index (Phi) is 5.06. The van der Waals surface area contributed by atoms with Gasteiger partial charge in [0, 0.05) is 25.5 Å². The molecular weight excluding hydrogens is 286 g/mol. The van der Waals surface area contributed by atoms with Crippen LogP contribution < -0.4 is 10.5 Å². The van der Waals surface area contributed by atoms with Gasteiger partial charge in [-0.3, -0.25) is 4.98 Å². The maximum atomic E-state index is 12.1. The number of benzene rings is 1. The molecule has 0 amide bonds. The van der Waals surface area contributed by atoms with Crippen molar-refractivity contribution in [2.45, 2.75) is 25.8 Å². The fraction of sp³-hybridized carbons (Fsp3) is 0.267. The maximum Gasteiger partial charge on any atom is 0.216 e. The summed E-state index contributed by atoms with van der Waals surface area (Å²) < 4.78 is 26.9. The van der Waals surface area contributed by atoms with Gasteiger partial charge < -0.3 is 5.73 Å². The van der Waals surface area contributed by atoms with Crippen LogP contribution in [0.3, 0.4) is 0 Å². The number of aromatic nitrogens is 1. The van der Waals surface area contributed by atoms with Gasteiger partial charge in [-0.15, -0.1) is 0 Å².